The van der Waals surface area contributed by atoms with Crippen molar-refractivity contribution in [2.75, 3.05) is 41.3 Å². The molecule has 2 aromatic heterocycles. The lowest BCUT2D eigenvalue weighted by atomic mass is 10.2. The summed E-state index contributed by atoms with van der Waals surface area (Å²) in [6.45, 7) is 2.33. The predicted molar refractivity (Wildman–Crippen MR) is 125 cm³/mol. The van der Waals surface area contributed by atoms with Crippen molar-refractivity contribution < 1.29 is 9.31 Å². The summed E-state index contributed by atoms with van der Waals surface area (Å²) >= 11 is 0. The molecule has 9 nitrogen and oxygen atoms in total. The Morgan fingerprint density at radius 2 is 1.67 bits per heavy atom. The number of fused-ring (bicyclic) bond motifs is 1. The topological polar surface area (TPSA) is 100 Å². The Labute approximate surface area is 188 Å². The van der Waals surface area contributed by atoms with Crippen LogP contribution in [-0.2, 0) is 0 Å². The van der Waals surface area contributed by atoms with Crippen LogP contribution in [0.5, 0.6) is 0 Å². The van der Waals surface area contributed by atoms with Gasteiger partial charge in [0, 0.05) is 49.1 Å². The second-order valence-corrected chi connectivity index (χ2v) is 7.60. The highest BCUT2D eigenvalue weighted by Gasteiger charge is 2.29. The number of aromatic nitrogens is 3. The molecule has 3 heterocycles. The molecule has 0 amide bonds. The van der Waals surface area contributed by atoms with E-state index in [9.17, 15) is 14.5 Å². The maximum Gasteiger partial charge on any atom is 0.353 e. The zero-order valence-electron chi connectivity index (χ0n) is 17.6. The standard InChI is InChI=1S/C23H20FN7O2/c24-16-6-8-17(9-7-16)29-11-13-30(14-12-29)23-21(31(32)33)22(26-15-27-23)28-20-5-1-4-19-18(20)3-2-10-25-19/h1-10,15H,11-14H2,(H,26,27,28). The zero-order chi connectivity index (χ0) is 22.8. The minimum atomic E-state index is -0.451. The number of benzene rings is 2. The van der Waals surface area contributed by atoms with Gasteiger partial charge < -0.3 is 15.1 Å². The van der Waals surface area contributed by atoms with Crippen molar-refractivity contribution in [3.63, 3.8) is 0 Å². The Balaban J connectivity index is 1.42. The number of nitrogens with zero attached hydrogens (tertiary/aromatic N) is 6. The van der Waals surface area contributed by atoms with E-state index in [0.717, 1.165) is 16.6 Å². The second-order valence-electron chi connectivity index (χ2n) is 7.60. The molecular formula is C23H20FN7O2. The lowest BCUT2D eigenvalue weighted by Gasteiger charge is -2.36. The van der Waals surface area contributed by atoms with E-state index in [4.69, 9.17) is 0 Å². The molecule has 166 valence electrons. The van der Waals surface area contributed by atoms with Gasteiger partial charge in [-0.25, -0.2) is 14.4 Å². The summed E-state index contributed by atoms with van der Waals surface area (Å²) in [6, 6.07) is 15.6. The molecule has 10 heteroatoms. The number of nitrogens with one attached hydrogen (secondary N) is 1. The first-order valence-electron chi connectivity index (χ1n) is 10.5. The van der Waals surface area contributed by atoms with Gasteiger partial charge in [0.25, 0.3) is 0 Å². The maximum atomic E-state index is 13.2. The molecule has 4 aromatic rings. The highest BCUT2D eigenvalue weighted by Crippen LogP contribution is 2.35. The lowest BCUT2D eigenvalue weighted by Crippen LogP contribution is -2.47. The molecule has 1 fully saturated rings. The van der Waals surface area contributed by atoms with E-state index in [1.54, 1.807) is 18.3 Å². The largest absolute Gasteiger partial charge is 0.368 e. The third-order valence-corrected chi connectivity index (χ3v) is 5.66. The molecule has 2 aromatic carbocycles. The summed E-state index contributed by atoms with van der Waals surface area (Å²) in [5.41, 5.74) is 2.19. The van der Waals surface area contributed by atoms with Gasteiger partial charge in [-0.1, -0.05) is 6.07 Å². The van der Waals surface area contributed by atoms with Crippen LogP contribution in [0.4, 0.5) is 33.1 Å². The van der Waals surface area contributed by atoms with E-state index in [2.05, 4.69) is 25.2 Å². The molecule has 0 atom stereocenters. The Morgan fingerprint density at radius 1 is 0.909 bits per heavy atom. The van der Waals surface area contributed by atoms with Crippen LogP contribution < -0.4 is 15.1 Å². The van der Waals surface area contributed by atoms with Crippen molar-refractivity contribution in [2.45, 2.75) is 0 Å². The van der Waals surface area contributed by atoms with E-state index in [1.807, 2.05) is 35.2 Å². The lowest BCUT2D eigenvalue weighted by molar-refractivity contribution is -0.383. The van der Waals surface area contributed by atoms with Crippen LogP contribution in [-0.4, -0.2) is 46.1 Å². The summed E-state index contributed by atoms with van der Waals surface area (Å²) in [7, 11) is 0. The number of hydrogen-bond acceptors (Lipinski definition) is 8. The molecule has 0 spiro atoms. The number of nitro groups is 1. The first-order chi connectivity index (χ1) is 16.1. The monoisotopic (exact) mass is 445 g/mol. The SMILES string of the molecule is O=[N+]([O-])c1c(Nc2cccc3ncccc23)ncnc1N1CCN(c2ccc(F)cc2)CC1. The number of hydrogen-bond donors (Lipinski definition) is 1. The molecule has 1 aliphatic heterocycles. The minimum Gasteiger partial charge on any atom is -0.368 e. The highest BCUT2D eigenvalue weighted by molar-refractivity contribution is 5.93. The molecule has 1 aliphatic rings. The van der Waals surface area contributed by atoms with E-state index in [1.165, 1.54) is 18.5 Å². The smallest absolute Gasteiger partial charge is 0.353 e. The van der Waals surface area contributed by atoms with Crippen LogP contribution >= 0.6 is 0 Å². The molecule has 1 saturated heterocycles. The van der Waals surface area contributed by atoms with Gasteiger partial charge >= 0.3 is 5.69 Å². The number of rotatable bonds is 5. The van der Waals surface area contributed by atoms with Crippen LogP contribution in [0.15, 0.2) is 67.1 Å². The summed E-state index contributed by atoms with van der Waals surface area (Å²) in [5, 5.41) is 16.0. The van der Waals surface area contributed by atoms with Crippen LogP contribution in [0.2, 0.25) is 0 Å². The Bertz CT molecular complexity index is 1300. The van der Waals surface area contributed by atoms with E-state index in [0.29, 0.717) is 31.9 Å². The van der Waals surface area contributed by atoms with Gasteiger partial charge in [0.05, 0.1) is 10.4 Å². The molecule has 33 heavy (non-hydrogen) atoms. The van der Waals surface area contributed by atoms with Gasteiger partial charge in [-0.15, -0.1) is 0 Å². The summed E-state index contributed by atoms with van der Waals surface area (Å²) < 4.78 is 13.2. The zero-order valence-corrected chi connectivity index (χ0v) is 17.6. The molecular weight excluding hydrogens is 425 g/mol. The van der Waals surface area contributed by atoms with Gasteiger partial charge in [-0.2, -0.15) is 0 Å². The van der Waals surface area contributed by atoms with Crippen LogP contribution in [0.1, 0.15) is 0 Å². The van der Waals surface area contributed by atoms with Gasteiger partial charge in [0.2, 0.25) is 11.6 Å². The first kappa shape index (κ1) is 20.6. The fourth-order valence-corrected chi connectivity index (χ4v) is 4.03. The quantitative estimate of drug-likeness (QED) is 0.361. The normalized spacial score (nSPS) is 13.8. The van der Waals surface area contributed by atoms with Crippen molar-refractivity contribution in [1.82, 2.24) is 15.0 Å². The maximum absolute atomic E-state index is 13.2. The Kier molecular flexibility index (Phi) is 5.39. The fraction of sp³-hybridized carbons (Fsp3) is 0.174. The van der Waals surface area contributed by atoms with E-state index in [-0.39, 0.29) is 23.1 Å². The molecule has 0 saturated carbocycles. The third-order valence-electron chi connectivity index (χ3n) is 5.66. The predicted octanol–water partition coefficient (Wildman–Crippen LogP) is 4.14. The van der Waals surface area contributed by atoms with Gasteiger partial charge in [0.1, 0.15) is 12.1 Å². The van der Waals surface area contributed by atoms with E-state index >= 15 is 0 Å². The molecule has 0 unspecified atom stereocenters. The molecule has 0 radical (unpaired) electrons. The second kappa shape index (κ2) is 8.65. The van der Waals surface area contributed by atoms with Crippen molar-refractivity contribution >= 4 is 39.6 Å². The Morgan fingerprint density at radius 3 is 2.42 bits per heavy atom. The molecule has 5 rings (SSSR count). The van der Waals surface area contributed by atoms with Crippen LogP contribution in [0.25, 0.3) is 10.9 Å². The van der Waals surface area contributed by atoms with E-state index < -0.39 is 4.92 Å². The molecule has 0 aliphatic carbocycles. The number of halogens is 1. The minimum absolute atomic E-state index is 0.127. The summed E-state index contributed by atoms with van der Waals surface area (Å²) in [5.74, 6) is 0.118. The first-order valence-corrected chi connectivity index (χ1v) is 10.5. The van der Waals surface area contributed by atoms with Gasteiger partial charge in [-0.3, -0.25) is 15.1 Å². The third kappa shape index (κ3) is 4.10. The summed E-state index contributed by atoms with van der Waals surface area (Å²) in [6.07, 6.45) is 3.03. The van der Waals surface area contributed by atoms with Gasteiger partial charge in [-0.05, 0) is 48.5 Å². The van der Waals surface area contributed by atoms with Gasteiger partial charge in [0.15, 0.2) is 0 Å². The van der Waals surface area contributed by atoms with Crippen molar-refractivity contribution in [3.05, 3.63) is 83.1 Å². The van der Waals surface area contributed by atoms with Crippen molar-refractivity contribution in [1.29, 1.82) is 0 Å². The highest BCUT2D eigenvalue weighted by atomic mass is 19.1. The summed E-state index contributed by atoms with van der Waals surface area (Å²) in [4.78, 5) is 28.4. The average molecular weight is 445 g/mol. The molecule has 1 N–H and O–H groups in total. The van der Waals surface area contributed by atoms with Crippen molar-refractivity contribution in [3.8, 4) is 0 Å². The van der Waals surface area contributed by atoms with Crippen LogP contribution in [0, 0.1) is 15.9 Å². The molecule has 0 bridgehead atoms. The van der Waals surface area contributed by atoms with Crippen LogP contribution in [0.3, 0.4) is 0 Å². The fourth-order valence-electron chi connectivity index (χ4n) is 4.03. The number of piperazine rings is 1. The van der Waals surface area contributed by atoms with Crippen molar-refractivity contribution in [2.24, 2.45) is 0 Å². The number of anilines is 4. The Hall–Kier alpha value is -4.34. The average Bonchev–Trinajstić information content (AvgIpc) is 2.85. The number of pyridine rings is 1.